The Labute approximate surface area is 163 Å². The summed E-state index contributed by atoms with van der Waals surface area (Å²) >= 11 is 0. The minimum absolute atomic E-state index is 0.0281. The van der Waals surface area contributed by atoms with Gasteiger partial charge in [-0.1, -0.05) is 6.07 Å². The molecule has 1 aliphatic rings. The molecule has 1 saturated heterocycles. The van der Waals surface area contributed by atoms with Gasteiger partial charge < -0.3 is 9.84 Å². The van der Waals surface area contributed by atoms with Gasteiger partial charge in [0.1, 0.15) is 11.6 Å². The van der Waals surface area contributed by atoms with Crippen LogP contribution in [0.25, 0.3) is 0 Å². The third-order valence-corrected chi connectivity index (χ3v) is 5.17. The fourth-order valence-electron chi connectivity index (χ4n) is 3.64. The predicted octanol–water partition coefficient (Wildman–Crippen LogP) is 3.18. The Kier molecular flexibility index (Phi) is 6.93. The lowest BCUT2D eigenvalue weighted by atomic mass is 10.1. The second-order valence-corrected chi connectivity index (χ2v) is 7.08. The third-order valence-electron chi connectivity index (χ3n) is 5.17. The standard InChI is InChI=1S/C21H25F3N2O2/c1-28-18-3-5-19(22)16(11-18)13-25-7-8-26(17(14-25)6-9-27)12-15-2-4-20(23)21(24)10-15/h2-5,10-11,17,27H,6-9,12-14H2,1H3/t17-/m0/s1. The number of halogens is 3. The molecular formula is C21H25F3N2O2. The molecule has 1 fully saturated rings. The summed E-state index contributed by atoms with van der Waals surface area (Å²) in [5, 5.41) is 9.44. The Morgan fingerprint density at radius 2 is 1.79 bits per heavy atom. The Morgan fingerprint density at radius 3 is 2.50 bits per heavy atom. The van der Waals surface area contributed by atoms with Crippen LogP contribution in [-0.2, 0) is 13.1 Å². The number of benzene rings is 2. The van der Waals surface area contributed by atoms with Gasteiger partial charge in [0.25, 0.3) is 0 Å². The van der Waals surface area contributed by atoms with E-state index in [-0.39, 0.29) is 18.5 Å². The number of nitrogens with zero attached hydrogens (tertiary/aromatic N) is 2. The zero-order chi connectivity index (χ0) is 20.1. The van der Waals surface area contributed by atoms with Gasteiger partial charge >= 0.3 is 0 Å². The lowest BCUT2D eigenvalue weighted by Crippen LogP contribution is -2.52. The molecule has 0 unspecified atom stereocenters. The van der Waals surface area contributed by atoms with E-state index in [0.717, 1.165) is 6.07 Å². The maximum atomic E-state index is 14.1. The molecule has 28 heavy (non-hydrogen) atoms. The molecule has 7 heteroatoms. The van der Waals surface area contributed by atoms with Gasteiger partial charge in [-0.05, 0) is 42.3 Å². The van der Waals surface area contributed by atoms with E-state index in [1.54, 1.807) is 25.3 Å². The van der Waals surface area contributed by atoms with Crippen molar-refractivity contribution in [2.45, 2.75) is 25.6 Å². The van der Waals surface area contributed by atoms with E-state index in [0.29, 0.717) is 56.0 Å². The van der Waals surface area contributed by atoms with Gasteiger partial charge in [0, 0.05) is 50.9 Å². The summed E-state index contributed by atoms with van der Waals surface area (Å²) in [5.41, 5.74) is 1.25. The topological polar surface area (TPSA) is 35.9 Å². The average Bonchev–Trinajstić information content (AvgIpc) is 2.68. The van der Waals surface area contributed by atoms with Gasteiger partial charge in [-0.2, -0.15) is 0 Å². The van der Waals surface area contributed by atoms with Crippen LogP contribution < -0.4 is 4.74 Å². The van der Waals surface area contributed by atoms with Crippen LogP contribution in [0.2, 0.25) is 0 Å². The van der Waals surface area contributed by atoms with E-state index >= 15 is 0 Å². The summed E-state index contributed by atoms with van der Waals surface area (Å²) in [6.45, 7) is 3.01. The zero-order valence-electron chi connectivity index (χ0n) is 15.9. The van der Waals surface area contributed by atoms with E-state index < -0.39 is 11.6 Å². The average molecular weight is 394 g/mol. The molecule has 1 aliphatic heterocycles. The number of aliphatic hydroxyl groups excluding tert-OH is 1. The molecule has 2 aromatic carbocycles. The molecule has 0 aromatic heterocycles. The first-order valence-electron chi connectivity index (χ1n) is 9.33. The van der Waals surface area contributed by atoms with Crippen molar-refractivity contribution >= 4 is 0 Å². The smallest absolute Gasteiger partial charge is 0.159 e. The van der Waals surface area contributed by atoms with Crippen LogP contribution in [-0.4, -0.2) is 54.3 Å². The molecule has 0 bridgehead atoms. The monoisotopic (exact) mass is 394 g/mol. The molecule has 4 nitrogen and oxygen atoms in total. The highest BCUT2D eigenvalue weighted by atomic mass is 19.2. The first kappa shape index (κ1) is 20.6. The van der Waals surface area contributed by atoms with Crippen LogP contribution in [0.3, 0.4) is 0 Å². The Morgan fingerprint density at radius 1 is 1.00 bits per heavy atom. The first-order chi connectivity index (χ1) is 13.5. The molecule has 1 N–H and O–H groups in total. The van der Waals surface area contributed by atoms with Crippen molar-refractivity contribution < 1.29 is 23.0 Å². The van der Waals surface area contributed by atoms with Gasteiger partial charge in [0.05, 0.1) is 7.11 Å². The normalized spacial score (nSPS) is 18.4. The van der Waals surface area contributed by atoms with E-state index in [9.17, 15) is 18.3 Å². The van der Waals surface area contributed by atoms with Crippen molar-refractivity contribution in [3.63, 3.8) is 0 Å². The number of ether oxygens (including phenoxy) is 1. The molecular weight excluding hydrogens is 369 g/mol. The van der Waals surface area contributed by atoms with Crippen molar-refractivity contribution in [3.8, 4) is 5.75 Å². The number of methoxy groups -OCH3 is 1. The summed E-state index contributed by atoms with van der Waals surface area (Å²) in [4.78, 5) is 4.29. The Hall–Kier alpha value is -2.09. The molecule has 1 heterocycles. The van der Waals surface area contributed by atoms with Crippen LogP contribution in [0, 0.1) is 17.5 Å². The number of rotatable bonds is 7. The minimum Gasteiger partial charge on any atom is -0.497 e. The number of hydrogen-bond acceptors (Lipinski definition) is 4. The van der Waals surface area contributed by atoms with Crippen LogP contribution >= 0.6 is 0 Å². The van der Waals surface area contributed by atoms with Gasteiger partial charge in [0.15, 0.2) is 11.6 Å². The predicted molar refractivity (Wildman–Crippen MR) is 100 cm³/mol. The van der Waals surface area contributed by atoms with Gasteiger partial charge in [-0.25, -0.2) is 13.2 Å². The number of hydrogen-bond donors (Lipinski definition) is 1. The van der Waals surface area contributed by atoms with Crippen molar-refractivity contribution in [1.82, 2.24) is 9.80 Å². The molecule has 3 rings (SSSR count). The van der Waals surface area contributed by atoms with Crippen molar-refractivity contribution in [2.24, 2.45) is 0 Å². The van der Waals surface area contributed by atoms with Gasteiger partial charge in [-0.3, -0.25) is 9.80 Å². The molecule has 0 amide bonds. The highest BCUT2D eigenvalue weighted by Gasteiger charge is 2.27. The van der Waals surface area contributed by atoms with Crippen molar-refractivity contribution in [3.05, 3.63) is 65.0 Å². The maximum Gasteiger partial charge on any atom is 0.159 e. The quantitative estimate of drug-likeness (QED) is 0.783. The molecule has 0 spiro atoms. The van der Waals surface area contributed by atoms with Gasteiger partial charge in [0.2, 0.25) is 0 Å². The maximum absolute atomic E-state index is 14.1. The molecule has 152 valence electrons. The summed E-state index contributed by atoms with van der Waals surface area (Å²) in [7, 11) is 1.55. The second kappa shape index (κ2) is 9.41. The van der Waals surface area contributed by atoms with Crippen LogP contribution in [0.4, 0.5) is 13.2 Å². The molecule has 1 atom stereocenters. The Bertz CT molecular complexity index is 803. The molecule has 0 aliphatic carbocycles. The van der Waals surface area contributed by atoms with E-state index in [1.165, 1.54) is 12.1 Å². The number of aliphatic hydroxyl groups is 1. The highest BCUT2D eigenvalue weighted by molar-refractivity contribution is 5.29. The summed E-state index contributed by atoms with van der Waals surface area (Å²) in [5.74, 6) is -1.38. The van der Waals surface area contributed by atoms with Crippen LogP contribution in [0.5, 0.6) is 5.75 Å². The van der Waals surface area contributed by atoms with Crippen LogP contribution in [0.1, 0.15) is 17.5 Å². The molecule has 0 saturated carbocycles. The Balaban J connectivity index is 1.67. The zero-order valence-corrected chi connectivity index (χ0v) is 15.9. The highest BCUT2D eigenvalue weighted by Crippen LogP contribution is 2.22. The van der Waals surface area contributed by atoms with Gasteiger partial charge in [-0.15, -0.1) is 0 Å². The lowest BCUT2D eigenvalue weighted by Gasteiger charge is -2.41. The fraction of sp³-hybridized carbons (Fsp3) is 0.429. The van der Waals surface area contributed by atoms with Crippen molar-refractivity contribution in [1.29, 1.82) is 0 Å². The lowest BCUT2D eigenvalue weighted by molar-refractivity contribution is 0.0494. The summed E-state index contributed by atoms with van der Waals surface area (Å²) in [6, 6.07) is 8.65. The van der Waals surface area contributed by atoms with Crippen molar-refractivity contribution in [2.75, 3.05) is 33.4 Å². The summed E-state index contributed by atoms with van der Waals surface area (Å²) in [6.07, 6.45) is 0.556. The largest absolute Gasteiger partial charge is 0.497 e. The van der Waals surface area contributed by atoms with E-state index in [4.69, 9.17) is 4.74 Å². The third kappa shape index (κ3) is 5.04. The summed E-state index contributed by atoms with van der Waals surface area (Å²) < 4.78 is 46.0. The van der Waals surface area contributed by atoms with E-state index in [1.807, 2.05) is 0 Å². The second-order valence-electron chi connectivity index (χ2n) is 7.08. The fourth-order valence-corrected chi connectivity index (χ4v) is 3.64. The molecule has 0 radical (unpaired) electrons. The first-order valence-corrected chi connectivity index (χ1v) is 9.33. The number of piperazine rings is 1. The van der Waals surface area contributed by atoms with Crippen LogP contribution in [0.15, 0.2) is 36.4 Å². The molecule has 2 aromatic rings. The van der Waals surface area contributed by atoms with E-state index in [2.05, 4.69) is 9.80 Å². The SMILES string of the molecule is COc1ccc(F)c(CN2CCN(Cc3ccc(F)c(F)c3)[C@@H](CCO)C2)c1. The minimum atomic E-state index is -0.860.